The topological polar surface area (TPSA) is 32.8 Å². The second-order valence-electron chi connectivity index (χ2n) is 9.59. The average Bonchev–Trinajstić information content (AvgIpc) is 3.75. The minimum atomic E-state index is -0.898. The van der Waals surface area contributed by atoms with Gasteiger partial charge in [0.25, 0.3) is 0 Å². The summed E-state index contributed by atoms with van der Waals surface area (Å²) in [5.74, 6) is -2.03. The highest BCUT2D eigenvalue weighted by Crippen LogP contribution is 2.33. The molecule has 0 spiro atoms. The van der Waals surface area contributed by atoms with E-state index < -0.39 is 17.7 Å². The zero-order valence-corrected chi connectivity index (χ0v) is 20.7. The molecule has 0 amide bonds. The maximum absolute atomic E-state index is 15.1. The van der Waals surface area contributed by atoms with Gasteiger partial charge in [-0.3, -0.25) is 0 Å². The van der Waals surface area contributed by atoms with Crippen LogP contribution in [-0.4, -0.2) is 11.7 Å². The van der Waals surface area contributed by atoms with Gasteiger partial charge in [0.05, 0.1) is 12.7 Å². The molecule has 4 aromatic rings. The molecule has 2 unspecified atom stereocenters. The number of hydrogen-bond donors (Lipinski definition) is 1. The second kappa shape index (κ2) is 10.9. The molecule has 0 aliphatic carbocycles. The van der Waals surface area contributed by atoms with E-state index in [1.165, 1.54) is 0 Å². The number of aryl methyl sites for hydroxylation is 2. The third-order valence-electron chi connectivity index (χ3n) is 6.96. The molecule has 2 atom stereocenters. The van der Waals surface area contributed by atoms with Crippen molar-refractivity contribution in [2.45, 2.75) is 44.8 Å². The lowest BCUT2D eigenvalue weighted by molar-refractivity contribution is 0.166. The van der Waals surface area contributed by atoms with E-state index >= 15 is 8.78 Å². The van der Waals surface area contributed by atoms with Gasteiger partial charge in [-0.1, -0.05) is 86.1 Å². The summed E-state index contributed by atoms with van der Waals surface area (Å²) in [6, 6.07) is 22.7. The molecule has 2 nitrogen and oxygen atoms in total. The van der Waals surface area contributed by atoms with Gasteiger partial charge in [-0.25, -0.2) is 13.2 Å². The molecule has 4 aromatic carbocycles. The predicted molar refractivity (Wildman–Crippen MR) is 140 cm³/mol. The molecule has 1 aliphatic rings. The number of halogens is 3. The van der Waals surface area contributed by atoms with Crippen LogP contribution in [-0.2, 0) is 17.6 Å². The highest BCUT2D eigenvalue weighted by molar-refractivity contribution is 5.72. The molecular formula is C32H29F3O2. The van der Waals surface area contributed by atoms with Gasteiger partial charge in [0.15, 0.2) is 11.6 Å². The summed E-state index contributed by atoms with van der Waals surface area (Å²) in [6.07, 6.45) is 2.22. The third kappa shape index (κ3) is 5.63. The van der Waals surface area contributed by atoms with Crippen molar-refractivity contribution in [1.82, 2.24) is 0 Å². The first-order chi connectivity index (χ1) is 17.9. The van der Waals surface area contributed by atoms with Crippen molar-refractivity contribution in [3.05, 3.63) is 119 Å². The molecule has 0 bridgehead atoms. The summed E-state index contributed by atoms with van der Waals surface area (Å²) in [6.45, 7) is 2.57. The molecule has 1 N–H and O–H groups in total. The lowest BCUT2D eigenvalue weighted by Crippen LogP contribution is -1.98. The van der Waals surface area contributed by atoms with E-state index in [2.05, 4.69) is 0 Å². The van der Waals surface area contributed by atoms with Gasteiger partial charge in [-0.05, 0) is 53.1 Å². The summed E-state index contributed by atoms with van der Waals surface area (Å²) in [5.41, 5.74) is 4.83. The summed E-state index contributed by atoms with van der Waals surface area (Å²) in [4.78, 5) is 0. The first kappa shape index (κ1) is 25.2. The van der Waals surface area contributed by atoms with Crippen LogP contribution in [0.2, 0.25) is 0 Å². The summed E-state index contributed by atoms with van der Waals surface area (Å²) < 4.78 is 49.5. The van der Waals surface area contributed by atoms with Crippen molar-refractivity contribution in [1.29, 1.82) is 0 Å². The number of ether oxygens (including phenoxy) is 1. The Hall–Kier alpha value is -3.41. The van der Waals surface area contributed by atoms with E-state index in [1.807, 2.05) is 25.1 Å². The number of hydrogen-bond acceptors (Lipinski definition) is 2. The van der Waals surface area contributed by atoms with Gasteiger partial charge in [0, 0.05) is 16.7 Å². The van der Waals surface area contributed by atoms with Crippen molar-refractivity contribution in [2.75, 3.05) is 6.61 Å². The molecule has 0 aromatic heterocycles. The Morgan fingerprint density at radius 1 is 0.784 bits per heavy atom. The maximum Gasteiger partial charge on any atom is 0.167 e. The number of epoxide rings is 1. The van der Waals surface area contributed by atoms with Crippen LogP contribution in [0.4, 0.5) is 13.2 Å². The van der Waals surface area contributed by atoms with Gasteiger partial charge < -0.3 is 9.84 Å². The van der Waals surface area contributed by atoms with Crippen molar-refractivity contribution < 1.29 is 23.0 Å². The quantitative estimate of drug-likeness (QED) is 0.234. The normalized spacial score (nSPS) is 15.5. The molecule has 1 aliphatic heterocycles. The van der Waals surface area contributed by atoms with E-state index in [0.29, 0.717) is 42.6 Å². The molecule has 190 valence electrons. The first-order valence-corrected chi connectivity index (χ1v) is 12.7. The molecule has 0 radical (unpaired) electrons. The average molecular weight is 503 g/mol. The zero-order chi connectivity index (χ0) is 25.9. The fourth-order valence-corrected chi connectivity index (χ4v) is 4.67. The summed E-state index contributed by atoms with van der Waals surface area (Å²) in [5, 5.41) is 10.1. The second-order valence-corrected chi connectivity index (χ2v) is 9.59. The van der Waals surface area contributed by atoms with Crippen LogP contribution in [0.15, 0.2) is 78.9 Å². The Labute approximate surface area is 215 Å². The van der Waals surface area contributed by atoms with E-state index in [-0.39, 0.29) is 23.0 Å². The lowest BCUT2D eigenvalue weighted by Gasteiger charge is -2.12. The number of aliphatic hydroxyl groups is 1. The SMILES string of the molecule is CCCC(O)c1ccc(-c2ccc(-c3ccc(CCc4ccc(C5CO5)c(F)c4)cc3)c(F)c2F)cc1. The van der Waals surface area contributed by atoms with Crippen LogP contribution >= 0.6 is 0 Å². The minimum Gasteiger partial charge on any atom is -0.388 e. The van der Waals surface area contributed by atoms with Crippen LogP contribution in [0.25, 0.3) is 22.3 Å². The molecule has 37 heavy (non-hydrogen) atoms. The lowest BCUT2D eigenvalue weighted by atomic mass is 9.96. The highest BCUT2D eigenvalue weighted by Gasteiger charge is 2.27. The number of benzene rings is 4. The van der Waals surface area contributed by atoms with E-state index in [0.717, 1.165) is 23.1 Å². The maximum atomic E-state index is 15.1. The van der Waals surface area contributed by atoms with Crippen LogP contribution in [0.3, 0.4) is 0 Å². The fourth-order valence-electron chi connectivity index (χ4n) is 4.67. The molecule has 0 saturated carbocycles. The fraction of sp³-hybridized carbons (Fsp3) is 0.250. The smallest absolute Gasteiger partial charge is 0.167 e. The van der Waals surface area contributed by atoms with Crippen molar-refractivity contribution in [2.24, 2.45) is 0 Å². The summed E-state index contributed by atoms with van der Waals surface area (Å²) >= 11 is 0. The van der Waals surface area contributed by atoms with Gasteiger partial charge in [-0.2, -0.15) is 0 Å². The number of rotatable bonds is 9. The van der Waals surface area contributed by atoms with Crippen LogP contribution in [0.5, 0.6) is 0 Å². The molecule has 1 saturated heterocycles. The molecule has 5 heteroatoms. The number of aliphatic hydroxyl groups excluding tert-OH is 1. The monoisotopic (exact) mass is 502 g/mol. The van der Waals surface area contributed by atoms with Gasteiger partial charge in [0.1, 0.15) is 11.9 Å². The van der Waals surface area contributed by atoms with Gasteiger partial charge in [-0.15, -0.1) is 0 Å². The molecular weight excluding hydrogens is 473 g/mol. The van der Waals surface area contributed by atoms with E-state index in [4.69, 9.17) is 4.74 Å². The Morgan fingerprint density at radius 2 is 1.32 bits per heavy atom. The predicted octanol–water partition coefficient (Wildman–Crippen LogP) is 8.13. The van der Waals surface area contributed by atoms with Gasteiger partial charge >= 0.3 is 0 Å². The third-order valence-corrected chi connectivity index (χ3v) is 6.96. The van der Waals surface area contributed by atoms with Crippen LogP contribution < -0.4 is 0 Å². The standard InChI is InChI=1S/C32H29F3O2/c1-2-3-29(36)24-13-11-23(12-14-24)26-17-16-25(31(34)32(26)35)22-9-6-20(7-10-22)4-5-21-8-15-27(28(33)18-21)30-19-37-30/h6-18,29-30,36H,2-5,19H2,1H3. The Bertz CT molecular complexity index is 1380. The van der Waals surface area contributed by atoms with Crippen molar-refractivity contribution in [3.63, 3.8) is 0 Å². The van der Waals surface area contributed by atoms with Crippen molar-refractivity contribution >= 4 is 0 Å². The minimum absolute atomic E-state index is 0.106. The van der Waals surface area contributed by atoms with Crippen LogP contribution in [0, 0.1) is 17.5 Å². The van der Waals surface area contributed by atoms with E-state index in [9.17, 15) is 9.50 Å². The molecule has 5 rings (SSSR count). The largest absolute Gasteiger partial charge is 0.388 e. The first-order valence-electron chi connectivity index (χ1n) is 12.7. The Morgan fingerprint density at radius 3 is 1.86 bits per heavy atom. The van der Waals surface area contributed by atoms with Gasteiger partial charge in [0.2, 0.25) is 0 Å². The summed E-state index contributed by atoms with van der Waals surface area (Å²) in [7, 11) is 0. The van der Waals surface area contributed by atoms with E-state index in [1.54, 1.807) is 60.7 Å². The zero-order valence-electron chi connectivity index (χ0n) is 20.7. The highest BCUT2D eigenvalue weighted by atomic mass is 19.2. The molecule has 1 heterocycles. The Kier molecular flexibility index (Phi) is 7.45. The van der Waals surface area contributed by atoms with Crippen molar-refractivity contribution in [3.8, 4) is 22.3 Å². The Balaban J connectivity index is 1.28. The van der Waals surface area contributed by atoms with Crippen LogP contribution in [0.1, 0.15) is 54.2 Å². The molecule has 1 fully saturated rings.